The molecule has 5 nitrogen and oxygen atoms in total. The molecule has 2 unspecified atom stereocenters. The highest BCUT2D eigenvalue weighted by molar-refractivity contribution is 6.08. The molecule has 2 heterocycles. The first-order chi connectivity index (χ1) is 20.0. The van der Waals surface area contributed by atoms with Crippen LogP contribution in [0.4, 0.5) is 11.4 Å². The van der Waals surface area contributed by atoms with Gasteiger partial charge in [0.1, 0.15) is 5.75 Å². The van der Waals surface area contributed by atoms with E-state index in [1.54, 1.807) is 0 Å². The second kappa shape index (κ2) is 10.2. The van der Waals surface area contributed by atoms with Gasteiger partial charge in [-0.15, -0.1) is 0 Å². The van der Waals surface area contributed by atoms with Crippen LogP contribution in [0.25, 0.3) is 21.8 Å². The van der Waals surface area contributed by atoms with Crippen LogP contribution in [0.2, 0.25) is 0 Å². The summed E-state index contributed by atoms with van der Waals surface area (Å²) in [6.07, 6.45) is 1.38. The normalized spacial score (nSPS) is 18.6. The molecule has 0 radical (unpaired) electrons. The molecular weight excluding hydrogens is 506 g/mol. The van der Waals surface area contributed by atoms with Crippen LogP contribution in [-0.2, 0) is 11.3 Å². The first-order valence-corrected chi connectivity index (χ1v) is 14.7. The molecule has 0 saturated carbocycles. The van der Waals surface area contributed by atoms with Gasteiger partial charge in [-0.05, 0) is 86.7 Å². The number of anilines is 2. The molecule has 0 saturated heterocycles. The topological polar surface area (TPSA) is 55.3 Å². The van der Waals surface area contributed by atoms with Crippen LogP contribution < -0.4 is 15.4 Å². The summed E-state index contributed by atoms with van der Waals surface area (Å²) in [4.78, 5) is 14.1. The van der Waals surface area contributed by atoms with E-state index in [0.29, 0.717) is 6.42 Å². The fourth-order valence-corrected chi connectivity index (χ4v) is 6.66. The lowest BCUT2D eigenvalue weighted by Gasteiger charge is -2.30. The van der Waals surface area contributed by atoms with Crippen LogP contribution in [0.15, 0.2) is 102 Å². The van der Waals surface area contributed by atoms with Crippen molar-refractivity contribution in [3.05, 3.63) is 113 Å². The number of benzene rings is 4. The zero-order valence-electron chi connectivity index (χ0n) is 23.8. The molecular formula is C36H35N3O2. The SMILES string of the molecule is CCn1c2ccccc2c2cc(C3Nc4ccccc4NC4=C3C(=O)CC(c3ccc(OC(C)C)cc3)C4)ccc21. The Morgan fingerprint density at radius 1 is 0.829 bits per heavy atom. The molecule has 0 amide bonds. The Labute approximate surface area is 240 Å². The van der Waals surface area contributed by atoms with E-state index in [0.717, 1.165) is 46.9 Å². The fourth-order valence-electron chi connectivity index (χ4n) is 6.66. The van der Waals surface area contributed by atoms with Crippen molar-refractivity contribution < 1.29 is 9.53 Å². The third-order valence-electron chi connectivity index (χ3n) is 8.48. The molecule has 41 heavy (non-hydrogen) atoms. The van der Waals surface area contributed by atoms with Crippen LogP contribution in [0, 0.1) is 0 Å². The van der Waals surface area contributed by atoms with Crippen molar-refractivity contribution in [2.75, 3.05) is 10.6 Å². The Bertz CT molecular complexity index is 1810. The largest absolute Gasteiger partial charge is 0.491 e. The number of ether oxygens (including phenoxy) is 1. The third kappa shape index (κ3) is 4.46. The molecule has 1 aromatic heterocycles. The van der Waals surface area contributed by atoms with Crippen LogP contribution in [0.1, 0.15) is 56.7 Å². The van der Waals surface area contributed by atoms with Gasteiger partial charge in [-0.3, -0.25) is 4.79 Å². The summed E-state index contributed by atoms with van der Waals surface area (Å²) in [5.41, 5.74) is 8.58. The minimum Gasteiger partial charge on any atom is -0.491 e. The van der Waals surface area contributed by atoms with Crippen LogP contribution in [0.3, 0.4) is 0 Å². The minimum absolute atomic E-state index is 0.109. The molecule has 1 aliphatic carbocycles. The molecule has 2 atom stereocenters. The second-order valence-corrected chi connectivity index (χ2v) is 11.4. The highest BCUT2D eigenvalue weighted by Crippen LogP contribution is 2.45. The molecule has 0 bridgehead atoms. The van der Waals surface area contributed by atoms with Crippen LogP contribution >= 0.6 is 0 Å². The number of nitrogens with zero attached hydrogens (tertiary/aromatic N) is 1. The van der Waals surface area contributed by atoms with Gasteiger partial charge < -0.3 is 19.9 Å². The first kappa shape index (κ1) is 25.5. The van der Waals surface area contributed by atoms with E-state index < -0.39 is 0 Å². The second-order valence-electron chi connectivity index (χ2n) is 11.4. The number of aryl methyl sites for hydroxylation is 1. The van der Waals surface area contributed by atoms with Gasteiger partial charge in [-0.2, -0.15) is 0 Å². The van der Waals surface area contributed by atoms with Crippen molar-refractivity contribution >= 4 is 39.0 Å². The molecule has 206 valence electrons. The standard InChI is InChI=1S/C36H35N3O2/c1-4-39-32-12-8-5-9-27(32)28-19-24(15-18-33(28)39)36-35-31(37-29-10-6-7-11-30(29)38-36)20-25(21-34(35)40)23-13-16-26(17-14-23)41-22(2)3/h5-19,22,25,36-38H,4,20-21H2,1-3H3. The fraction of sp³-hybridized carbons (Fsp3) is 0.250. The van der Waals surface area contributed by atoms with Crippen molar-refractivity contribution in [2.24, 2.45) is 0 Å². The van der Waals surface area contributed by atoms with E-state index in [1.807, 2.05) is 38.1 Å². The summed E-state index contributed by atoms with van der Waals surface area (Å²) >= 11 is 0. The van der Waals surface area contributed by atoms with E-state index >= 15 is 0 Å². The Morgan fingerprint density at radius 2 is 1.54 bits per heavy atom. The van der Waals surface area contributed by atoms with Gasteiger partial charge in [0.2, 0.25) is 0 Å². The predicted octanol–water partition coefficient (Wildman–Crippen LogP) is 8.58. The van der Waals surface area contributed by atoms with Gasteiger partial charge in [0.15, 0.2) is 5.78 Å². The first-order valence-electron chi connectivity index (χ1n) is 14.7. The van der Waals surface area contributed by atoms with Gasteiger partial charge in [-0.25, -0.2) is 0 Å². The smallest absolute Gasteiger partial charge is 0.163 e. The molecule has 2 aliphatic rings. The molecule has 4 aromatic carbocycles. The summed E-state index contributed by atoms with van der Waals surface area (Å²) in [7, 11) is 0. The molecule has 5 heteroatoms. The van der Waals surface area contributed by atoms with Crippen molar-refractivity contribution in [1.29, 1.82) is 0 Å². The summed E-state index contributed by atoms with van der Waals surface area (Å²) in [6.45, 7) is 7.15. The number of hydrogen-bond donors (Lipinski definition) is 2. The maximum Gasteiger partial charge on any atom is 0.163 e. The quantitative estimate of drug-likeness (QED) is 0.234. The number of fused-ring (bicyclic) bond motifs is 4. The predicted molar refractivity (Wildman–Crippen MR) is 168 cm³/mol. The Kier molecular flexibility index (Phi) is 6.30. The van der Waals surface area contributed by atoms with E-state index in [4.69, 9.17) is 4.74 Å². The zero-order valence-corrected chi connectivity index (χ0v) is 23.8. The van der Waals surface area contributed by atoms with Gasteiger partial charge in [0, 0.05) is 46.0 Å². The summed E-state index contributed by atoms with van der Waals surface area (Å²) in [5, 5.41) is 9.90. The number of Topliss-reactive ketones (excluding diaryl/α,β-unsaturated/α-hetero) is 1. The minimum atomic E-state index is -0.246. The van der Waals surface area contributed by atoms with Crippen molar-refractivity contribution in [1.82, 2.24) is 4.57 Å². The number of hydrogen-bond acceptors (Lipinski definition) is 4. The number of ketones is 1. The Morgan fingerprint density at radius 3 is 2.32 bits per heavy atom. The molecule has 1 aliphatic heterocycles. The van der Waals surface area contributed by atoms with Gasteiger partial charge >= 0.3 is 0 Å². The average molecular weight is 542 g/mol. The molecule has 2 N–H and O–H groups in total. The van der Waals surface area contributed by atoms with Crippen LogP contribution in [0.5, 0.6) is 5.75 Å². The highest BCUT2D eigenvalue weighted by Gasteiger charge is 2.36. The summed E-state index contributed by atoms with van der Waals surface area (Å²) in [6, 6.07) is 31.5. The maximum atomic E-state index is 14.1. The van der Waals surface area contributed by atoms with Crippen LogP contribution in [-0.4, -0.2) is 16.5 Å². The third-order valence-corrected chi connectivity index (χ3v) is 8.48. The molecule has 5 aromatic rings. The lowest BCUT2D eigenvalue weighted by molar-refractivity contribution is -0.116. The maximum absolute atomic E-state index is 14.1. The van der Waals surface area contributed by atoms with E-state index in [-0.39, 0.29) is 23.8 Å². The average Bonchev–Trinajstić information content (AvgIpc) is 3.19. The monoisotopic (exact) mass is 541 g/mol. The number of carbonyl (C=O) groups excluding carboxylic acids is 1. The number of nitrogens with one attached hydrogen (secondary N) is 2. The number of para-hydroxylation sites is 3. The molecule has 7 rings (SSSR count). The van der Waals surface area contributed by atoms with Gasteiger partial charge in [-0.1, -0.05) is 48.5 Å². The van der Waals surface area contributed by atoms with Crippen molar-refractivity contribution in [3.63, 3.8) is 0 Å². The van der Waals surface area contributed by atoms with E-state index in [1.165, 1.54) is 27.4 Å². The number of rotatable bonds is 5. The molecule has 0 spiro atoms. The lowest BCUT2D eigenvalue weighted by atomic mass is 9.78. The highest BCUT2D eigenvalue weighted by atomic mass is 16.5. The van der Waals surface area contributed by atoms with Crippen molar-refractivity contribution in [3.8, 4) is 5.75 Å². The summed E-state index contributed by atoms with van der Waals surface area (Å²) in [5.74, 6) is 1.15. The Balaban J connectivity index is 1.32. The molecule has 0 fully saturated rings. The zero-order chi connectivity index (χ0) is 28.1. The Hall–Kier alpha value is -4.51. The van der Waals surface area contributed by atoms with Gasteiger partial charge in [0.25, 0.3) is 0 Å². The van der Waals surface area contributed by atoms with Gasteiger partial charge in [0.05, 0.1) is 23.5 Å². The van der Waals surface area contributed by atoms with Crippen molar-refractivity contribution in [2.45, 2.75) is 58.2 Å². The van der Waals surface area contributed by atoms with E-state index in [2.05, 4.69) is 88.9 Å². The number of aromatic nitrogens is 1. The van der Waals surface area contributed by atoms with E-state index in [9.17, 15) is 4.79 Å². The number of carbonyl (C=O) groups is 1. The summed E-state index contributed by atoms with van der Waals surface area (Å²) < 4.78 is 8.22. The number of allylic oxidation sites excluding steroid dienone is 1. The lowest BCUT2D eigenvalue weighted by Crippen LogP contribution is -2.26.